The molecule has 3 aromatic heterocycles. The van der Waals surface area contributed by atoms with Gasteiger partial charge in [0.05, 0.1) is 5.51 Å². The monoisotopic (exact) mass is 494 g/mol. The Morgan fingerprint density at radius 1 is 1.21 bits per heavy atom. The van der Waals surface area contributed by atoms with Gasteiger partial charge in [0.15, 0.2) is 11.6 Å². The van der Waals surface area contributed by atoms with Gasteiger partial charge in [-0.05, 0) is 36.2 Å². The van der Waals surface area contributed by atoms with Crippen LogP contribution in [-0.4, -0.2) is 25.4 Å². The van der Waals surface area contributed by atoms with Crippen LogP contribution in [-0.2, 0) is 16.6 Å². The number of aryl methyl sites for hydroxylation is 1. The number of aromatic nitrogens is 2. The third-order valence-corrected chi connectivity index (χ3v) is 6.40. The molecule has 1 aromatic carbocycles. The molecule has 4 rings (SSSR count). The number of hydrogen-bond acceptors (Lipinski definition) is 8. The predicted molar refractivity (Wildman–Crippen MR) is 118 cm³/mol. The molecule has 172 valence electrons. The molecule has 0 atom stereocenters. The summed E-state index contributed by atoms with van der Waals surface area (Å²) in [5, 5.41) is -0.0138. The van der Waals surface area contributed by atoms with E-state index in [0.717, 1.165) is 18.4 Å². The van der Waals surface area contributed by atoms with Crippen LogP contribution in [0, 0.1) is 17.9 Å². The van der Waals surface area contributed by atoms with Crippen molar-refractivity contribution in [2.45, 2.75) is 13.3 Å². The first-order valence-electron chi connectivity index (χ1n) is 9.36. The molecule has 0 spiro atoms. The van der Waals surface area contributed by atoms with Crippen molar-refractivity contribution < 1.29 is 26.4 Å². The van der Waals surface area contributed by atoms with E-state index in [1.807, 2.05) is 9.44 Å². The molecule has 0 saturated carbocycles. The number of ether oxygens (including phenoxy) is 1. The van der Waals surface area contributed by atoms with Gasteiger partial charge in [0.25, 0.3) is 16.1 Å². The van der Waals surface area contributed by atoms with E-state index in [9.17, 15) is 22.0 Å². The van der Waals surface area contributed by atoms with Crippen LogP contribution in [0.5, 0.6) is 11.6 Å². The summed E-state index contributed by atoms with van der Waals surface area (Å²) in [4.78, 5) is 20.1. The number of nitrogens with zero attached hydrogens (tertiary/aromatic N) is 2. The molecule has 3 heterocycles. The van der Waals surface area contributed by atoms with E-state index in [-0.39, 0.29) is 34.8 Å². The Balaban J connectivity index is 1.69. The van der Waals surface area contributed by atoms with Crippen LogP contribution < -0.4 is 19.8 Å². The average molecular weight is 495 g/mol. The van der Waals surface area contributed by atoms with Crippen LogP contribution in [0.4, 0.5) is 14.6 Å². The van der Waals surface area contributed by atoms with Crippen LogP contribution in [0.1, 0.15) is 16.7 Å². The Kier molecular flexibility index (Phi) is 6.10. The number of rotatable bonds is 7. The minimum atomic E-state index is -3.98. The molecule has 33 heavy (non-hydrogen) atoms. The van der Waals surface area contributed by atoms with E-state index in [2.05, 4.69) is 9.97 Å². The number of hydrogen-bond donors (Lipinski definition) is 2. The van der Waals surface area contributed by atoms with E-state index in [0.29, 0.717) is 10.9 Å². The van der Waals surface area contributed by atoms with E-state index >= 15 is 0 Å². The van der Waals surface area contributed by atoms with Crippen molar-refractivity contribution in [2.75, 3.05) is 11.8 Å². The summed E-state index contributed by atoms with van der Waals surface area (Å²) in [7, 11) is -2.81. The molecule has 0 radical (unpaired) electrons. The summed E-state index contributed by atoms with van der Waals surface area (Å²) in [6.45, 7) is 1.68. The van der Waals surface area contributed by atoms with Crippen LogP contribution in [0.2, 0.25) is 0 Å². The largest absolute Gasteiger partial charge is 0.436 e. The molecule has 9 nitrogen and oxygen atoms in total. The maximum atomic E-state index is 14.9. The van der Waals surface area contributed by atoms with E-state index < -0.39 is 32.6 Å². The molecule has 0 saturated heterocycles. The van der Waals surface area contributed by atoms with Gasteiger partial charge in [-0.25, -0.2) is 23.9 Å². The van der Waals surface area contributed by atoms with Crippen LogP contribution in [0.25, 0.3) is 11.0 Å². The standard InChI is InChI=1S/C20H16F2N4O5S2/c1-10-13-4-3-12(30-19-17(22)32-9-25-19)8-15(13)31-20(27)14(10)7-11-5-6-24-18(16(11)21)26-33(28,29)23-2/h3-6,8-9,23H,7H2,1-2H3,(H,24,26). The van der Waals surface area contributed by atoms with Crippen molar-refractivity contribution in [3.8, 4) is 11.6 Å². The highest BCUT2D eigenvalue weighted by Gasteiger charge is 2.19. The lowest BCUT2D eigenvalue weighted by Crippen LogP contribution is -2.27. The topological polar surface area (TPSA) is 123 Å². The number of pyridine rings is 1. The summed E-state index contributed by atoms with van der Waals surface area (Å²) < 4.78 is 66.5. The lowest BCUT2D eigenvalue weighted by Gasteiger charge is -2.12. The number of halogens is 2. The Morgan fingerprint density at radius 3 is 2.70 bits per heavy atom. The molecule has 4 aromatic rings. The van der Waals surface area contributed by atoms with Gasteiger partial charge in [-0.3, -0.25) is 4.72 Å². The maximum Gasteiger partial charge on any atom is 0.340 e. The first kappa shape index (κ1) is 22.8. The van der Waals surface area contributed by atoms with Crippen molar-refractivity contribution in [2.24, 2.45) is 0 Å². The van der Waals surface area contributed by atoms with Crippen molar-refractivity contribution in [3.05, 3.63) is 74.0 Å². The van der Waals surface area contributed by atoms with Crippen molar-refractivity contribution in [1.82, 2.24) is 14.7 Å². The molecule has 0 aliphatic carbocycles. The van der Waals surface area contributed by atoms with Gasteiger partial charge >= 0.3 is 5.63 Å². The lowest BCUT2D eigenvalue weighted by molar-refractivity contribution is 0.433. The molecule has 0 aliphatic rings. The normalized spacial score (nSPS) is 11.6. The first-order chi connectivity index (χ1) is 15.7. The molecular weight excluding hydrogens is 478 g/mol. The second-order valence-electron chi connectivity index (χ2n) is 6.80. The predicted octanol–water partition coefficient (Wildman–Crippen LogP) is 3.49. The third kappa shape index (κ3) is 4.69. The Hall–Kier alpha value is -3.42. The maximum absolute atomic E-state index is 14.9. The number of anilines is 1. The molecule has 0 fully saturated rings. The fourth-order valence-electron chi connectivity index (χ4n) is 3.10. The summed E-state index contributed by atoms with van der Waals surface area (Å²) >= 11 is 0.789. The zero-order valence-electron chi connectivity index (χ0n) is 17.2. The highest BCUT2D eigenvalue weighted by atomic mass is 32.2. The van der Waals surface area contributed by atoms with E-state index in [4.69, 9.17) is 9.15 Å². The molecule has 0 bridgehead atoms. The molecule has 0 amide bonds. The number of thiazole rings is 1. The summed E-state index contributed by atoms with van der Waals surface area (Å²) in [6.07, 6.45) is 1.07. The minimum absolute atomic E-state index is 0.0486. The second-order valence-corrected chi connectivity index (χ2v) is 9.23. The van der Waals surface area contributed by atoms with Crippen molar-refractivity contribution >= 4 is 38.3 Å². The van der Waals surface area contributed by atoms with Gasteiger partial charge in [0.1, 0.15) is 11.3 Å². The fourth-order valence-corrected chi connectivity index (χ4v) is 4.04. The highest BCUT2D eigenvalue weighted by molar-refractivity contribution is 7.90. The summed E-state index contributed by atoms with van der Waals surface area (Å²) in [6, 6.07) is 5.97. The van der Waals surface area contributed by atoms with Gasteiger partial charge < -0.3 is 9.15 Å². The molecule has 0 unspecified atom stereocenters. The zero-order chi connectivity index (χ0) is 23.8. The molecular formula is C20H16F2N4O5S2. The number of fused-ring (bicyclic) bond motifs is 1. The Bertz CT molecular complexity index is 1520. The van der Waals surface area contributed by atoms with E-state index in [1.165, 1.54) is 23.8 Å². The quantitative estimate of drug-likeness (QED) is 0.377. The zero-order valence-corrected chi connectivity index (χ0v) is 18.8. The van der Waals surface area contributed by atoms with Crippen LogP contribution in [0.15, 0.2) is 45.2 Å². The lowest BCUT2D eigenvalue weighted by atomic mass is 10.00. The first-order valence-corrected chi connectivity index (χ1v) is 11.7. The minimum Gasteiger partial charge on any atom is -0.436 e. The Labute approximate surface area is 190 Å². The molecule has 2 N–H and O–H groups in total. The van der Waals surface area contributed by atoms with E-state index in [1.54, 1.807) is 19.1 Å². The van der Waals surface area contributed by atoms with Crippen LogP contribution >= 0.6 is 11.3 Å². The number of benzene rings is 1. The highest BCUT2D eigenvalue weighted by Crippen LogP contribution is 2.30. The number of nitrogens with one attached hydrogen (secondary N) is 2. The molecule has 13 heteroatoms. The van der Waals surface area contributed by atoms with Gasteiger partial charge in [-0.15, -0.1) is 0 Å². The SMILES string of the molecule is CNS(=O)(=O)Nc1nccc(Cc2c(C)c3ccc(Oc4ncsc4F)cc3oc2=O)c1F. The smallest absolute Gasteiger partial charge is 0.340 e. The average Bonchev–Trinajstić information content (AvgIpc) is 3.17. The van der Waals surface area contributed by atoms with Crippen LogP contribution in [0.3, 0.4) is 0 Å². The summed E-state index contributed by atoms with van der Waals surface area (Å²) in [5.41, 5.74) is 1.58. The van der Waals surface area contributed by atoms with Crippen molar-refractivity contribution in [3.63, 3.8) is 0 Å². The second kappa shape index (κ2) is 8.84. The Morgan fingerprint density at radius 2 is 2.00 bits per heavy atom. The van der Waals surface area contributed by atoms with Gasteiger partial charge in [-0.1, -0.05) is 11.3 Å². The van der Waals surface area contributed by atoms with Gasteiger partial charge in [-0.2, -0.15) is 12.8 Å². The summed E-state index contributed by atoms with van der Waals surface area (Å²) in [5.74, 6) is -1.37. The third-order valence-electron chi connectivity index (χ3n) is 4.80. The molecule has 0 aliphatic heterocycles. The van der Waals surface area contributed by atoms with Crippen molar-refractivity contribution in [1.29, 1.82) is 0 Å². The van der Waals surface area contributed by atoms with Gasteiger partial charge in [0, 0.05) is 36.7 Å². The fraction of sp³-hybridized carbons (Fsp3) is 0.150. The van der Waals surface area contributed by atoms with Gasteiger partial charge in [0.2, 0.25) is 5.13 Å².